The van der Waals surface area contributed by atoms with Crippen LogP contribution in [0, 0.1) is 6.92 Å². The quantitative estimate of drug-likeness (QED) is 0.569. The lowest BCUT2D eigenvalue weighted by Crippen LogP contribution is -1.76. The summed E-state index contributed by atoms with van der Waals surface area (Å²) in [7, 11) is 0. The predicted molar refractivity (Wildman–Crippen MR) is 36.5 cm³/mol. The molecule has 0 saturated carbocycles. The molecule has 0 saturated heterocycles. The number of aryl methyl sites for hydroxylation is 1. The Kier molecular flexibility index (Phi) is 2.37. The van der Waals surface area contributed by atoms with E-state index >= 15 is 0 Å². The van der Waals surface area contributed by atoms with Crippen molar-refractivity contribution in [2.45, 2.75) is 6.92 Å². The first kappa shape index (κ1) is 6.67. The van der Waals surface area contributed by atoms with E-state index in [-0.39, 0.29) is 0 Å². The highest BCUT2D eigenvalue weighted by Gasteiger charge is 1.72. The third kappa shape index (κ3) is 2.21. The van der Waals surface area contributed by atoms with Crippen LogP contribution in [-0.4, -0.2) is 20.2 Å². The molecule has 4 heteroatoms. The zero-order valence-electron chi connectivity index (χ0n) is 5.65. The lowest BCUT2D eigenvalue weighted by molar-refractivity contribution is 1.04. The van der Waals surface area contributed by atoms with Gasteiger partial charge in [-0.3, -0.25) is 5.10 Å². The van der Waals surface area contributed by atoms with Crippen molar-refractivity contribution in [1.29, 1.82) is 0 Å². The Bertz CT molecular complexity index is 217. The van der Waals surface area contributed by atoms with Gasteiger partial charge in [-0.05, 0) is 6.92 Å². The van der Waals surface area contributed by atoms with Gasteiger partial charge in [-0.25, -0.2) is 9.97 Å². The summed E-state index contributed by atoms with van der Waals surface area (Å²) in [6, 6.07) is 0. The van der Waals surface area contributed by atoms with Crippen LogP contribution in [0.2, 0.25) is 0 Å². The number of rotatable bonds is 0. The fourth-order valence-electron chi connectivity index (χ4n) is 0.472. The number of hydrogen-bond acceptors (Lipinski definition) is 3. The third-order valence-corrected chi connectivity index (χ3v) is 0.888. The van der Waals surface area contributed by atoms with Crippen LogP contribution in [0.5, 0.6) is 0 Å². The van der Waals surface area contributed by atoms with Crippen molar-refractivity contribution in [2.75, 3.05) is 0 Å². The summed E-state index contributed by atoms with van der Waals surface area (Å²) in [5, 5.41) is 6.38. The molecule has 0 radical (unpaired) electrons. The molecule has 0 aromatic carbocycles. The summed E-state index contributed by atoms with van der Waals surface area (Å²) in [4.78, 5) is 7.87. The zero-order chi connectivity index (χ0) is 7.23. The molecule has 1 N–H and O–H groups in total. The Morgan fingerprint density at radius 3 is 2.90 bits per heavy atom. The van der Waals surface area contributed by atoms with Crippen molar-refractivity contribution in [2.24, 2.45) is 0 Å². The minimum atomic E-state index is 0.714. The maximum absolute atomic E-state index is 3.94. The van der Waals surface area contributed by atoms with E-state index in [1.54, 1.807) is 24.8 Å². The molecular weight excluding hydrogens is 128 g/mol. The number of nitrogens with zero attached hydrogens (tertiary/aromatic N) is 3. The maximum atomic E-state index is 3.94. The Morgan fingerprint density at radius 1 is 1.20 bits per heavy atom. The van der Waals surface area contributed by atoms with Gasteiger partial charge in [0.2, 0.25) is 0 Å². The first-order valence-electron chi connectivity index (χ1n) is 2.90. The van der Waals surface area contributed by atoms with E-state index in [0.29, 0.717) is 5.82 Å². The molecule has 0 atom stereocenters. The molecule has 0 fully saturated rings. The normalized spacial score (nSPS) is 8.50. The topological polar surface area (TPSA) is 54.5 Å². The number of aromatic amines is 1. The standard InChI is InChI=1S/C6H8N4/c1-6-7-2-4-9-10-5-3-8-6/h2-5,9H,1H3. The fraction of sp³-hybridized carbons (Fsp3) is 0.167. The smallest absolute Gasteiger partial charge is 0.125 e. The summed E-state index contributed by atoms with van der Waals surface area (Å²) in [5.41, 5.74) is 0. The first-order valence-corrected chi connectivity index (χ1v) is 2.90. The average Bonchev–Trinajstić information content (AvgIpc) is 2.02. The van der Waals surface area contributed by atoms with Gasteiger partial charge in [0.25, 0.3) is 0 Å². The van der Waals surface area contributed by atoms with Crippen molar-refractivity contribution < 1.29 is 0 Å². The fourth-order valence-corrected chi connectivity index (χ4v) is 0.472. The van der Waals surface area contributed by atoms with Crippen LogP contribution < -0.4 is 0 Å². The van der Waals surface area contributed by atoms with Gasteiger partial charge in [-0.2, -0.15) is 5.10 Å². The van der Waals surface area contributed by atoms with Crippen LogP contribution in [0.3, 0.4) is 0 Å². The van der Waals surface area contributed by atoms with Gasteiger partial charge < -0.3 is 0 Å². The highest BCUT2D eigenvalue weighted by atomic mass is 15.1. The second-order valence-corrected chi connectivity index (χ2v) is 1.68. The third-order valence-electron chi connectivity index (χ3n) is 0.888. The van der Waals surface area contributed by atoms with Gasteiger partial charge in [-0.1, -0.05) is 0 Å². The molecule has 0 bridgehead atoms. The van der Waals surface area contributed by atoms with Crippen LogP contribution in [0.1, 0.15) is 5.82 Å². The molecule has 1 heterocycles. The molecule has 0 aliphatic carbocycles. The minimum absolute atomic E-state index is 0.714. The summed E-state index contributed by atoms with van der Waals surface area (Å²) < 4.78 is 0. The summed E-state index contributed by atoms with van der Waals surface area (Å²) >= 11 is 0. The Morgan fingerprint density at radius 2 is 2.00 bits per heavy atom. The molecule has 0 spiro atoms. The highest BCUT2D eigenvalue weighted by Crippen LogP contribution is 1.74. The van der Waals surface area contributed by atoms with E-state index in [9.17, 15) is 0 Å². The second-order valence-electron chi connectivity index (χ2n) is 1.68. The average molecular weight is 136 g/mol. The molecule has 52 valence electrons. The Hall–Kier alpha value is -1.45. The molecule has 0 aliphatic heterocycles. The largest absolute Gasteiger partial charge is 0.284 e. The number of nitrogens with one attached hydrogen (secondary N) is 1. The van der Waals surface area contributed by atoms with E-state index in [1.807, 2.05) is 6.92 Å². The lowest BCUT2D eigenvalue weighted by atomic mass is 10.7. The van der Waals surface area contributed by atoms with Crippen molar-refractivity contribution in [3.63, 3.8) is 0 Å². The van der Waals surface area contributed by atoms with Gasteiger partial charge >= 0.3 is 0 Å². The number of hydrogen-bond donors (Lipinski definition) is 1. The maximum Gasteiger partial charge on any atom is 0.125 e. The van der Waals surface area contributed by atoms with Crippen molar-refractivity contribution in [1.82, 2.24) is 20.2 Å². The van der Waals surface area contributed by atoms with Crippen molar-refractivity contribution >= 4 is 0 Å². The van der Waals surface area contributed by atoms with E-state index in [4.69, 9.17) is 0 Å². The molecule has 1 aromatic heterocycles. The molecular formula is C6H8N4. The molecule has 1 aromatic rings. The molecule has 0 unspecified atom stereocenters. The molecule has 4 nitrogen and oxygen atoms in total. The summed E-state index contributed by atoms with van der Waals surface area (Å²) in [5.74, 6) is 0.714. The van der Waals surface area contributed by atoms with Crippen LogP contribution in [0.25, 0.3) is 0 Å². The van der Waals surface area contributed by atoms with E-state index in [1.165, 1.54) is 0 Å². The van der Waals surface area contributed by atoms with Gasteiger partial charge in [0.15, 0.2) is 0 Å². The SMILES string of the molecule is Cc1nccn[nH]ccn1. The first-order chi connectivity index (χ1) is 4.89. The zero-order valence-corrected chi connectivity index (χ0v) is 5.65. The monoisotopic (exact) mass is 136 g/mol. The van der Waals surface area contributed by atoms with E-state index in [0.717, 1.165) is 0 Å². The molecule has 1 rings (SSSR count). The molecule has 10 heavy (non-hydrogen) atoms. The van der Waals surface area contributed by atoms with E-state index < -0.39 is 0 Å². The molecule has 0 amide bonds. The van der Waals surface area contributed by atoms with Gasteiger partial charge in [0, 0.05) is 18.6 Å². The van der Waals surface area contributed by atoms with Crippen LogP contribution in [-0.2, 0) is 0 Å². The van der Waals surface area contributed by atoms with Crippen LogP contribution >= 0.6 is 0 Å². The van der Waals surface area contributed by atoms with Crippen LogP contribution in [0.15, 0.2) is 24.8 Å². The predicted octanol–water partition coefficient (Wildman–Crippen LogP) is 0.633. The van der Waals surface area contributed by atoms with Crippen molar-refractivity contribution in [3.05, 3.63) is 30.6 Å². The summed E-state index contributed by atoms with van der Waals surface area (Å²) in [6.45, 7) is 1.82. The van der Waals surface area contributed by atoms with Gasteiger partial charge in [-0.15, -0.1) is 0 Å². The van der Waals surface area contributed by atoms with Gasteiger partial charge in [0.1, 0.15) is 5.82 Å². The summed E-state index contributed by atoms with van der Waals surface area (Å²) in [6.07, 6.45) is 6.39. The van der Waals surface area contributed by atoms with Gasteiger partial charge in [0.05, 0.1) is 6.20 Å². The van der Waals surface area contributed by atoms with Crippen LogP contribution in [0.4, 0.5) is 0 Å². The lowest BCUT2D eigenvalue weighted by Gasteiger charge is -1.75. The Balaban J connectivity index is 3.13. The number of H-pyrrole nitrogens is 1. The number of aromatic nitrogens is 4. The van der Waals surface area contributed by atoms with Crippen molar-refractivity contribution in [3.8, 4) is 0 Å². The van der Waals surface area contributed by atoms with E-state index in [2.05, 4.69) is 20.2 Å². The molecule has 0 aliphatic rings. The second kappa shape index (κ2) is 3.55. The Labute approximate surface area is 58.7 Å². The highest BCUT2D eigenvalue weighted by molar-refractivity contribution is 4.76. The minimum Gasteiger partial charge on any atom is -0.284 e.